The van der Waals surface area contributed by atoms with Crippen molar-refractivity contribution in [1.29, 1.82) is 0 Å². The average Bonchev–Trinajstić information content (AvgIpc) is 3.78. The van der Waals surface area contributed by atoms with E-state index in [2.05, 4.69) is 42.4 Å². The molecule has 266 valence electrons. The number of para-hydroxylation sites is 1. The van der Waals surface area contributed by atoms with Crippen LogP contribution in [0, 0.1) is 24.4 Å². The Morgan fingerprint density at radius 2 is 1.75 bits per heavy atom. The molecular weight excluding hydrogens is 703 g/mol. The van der Waals surface area contributed by atoms with Crippen molar-refractivity contribution in [2.45, 2.75) is 43.4 Å². The number of hydrogen-bond donors (Lipinski definition) is 9. The highest BCUT2D eigenvalue weighted by Gasteiger charge is 2.50. The first kappa shape index (κ1) is 41.9. The maximum absolute atomic E-state index is 15.0. The van der Waals surface area contributed by atoms with Gasteiger partial charge in [0.1, 0.15) is 45.3 Å². The van der Waals surface area contributed by atoms with Gasteiger partial charge in [0, 0.05) is 34.4 Å². The zero-order valence-corrected chi connectivity index (χ0v) is 28.5. The van der Waals surface area contributed by atoms with Crippen LogP contribution in [0.25, 0.3) is 22.3 Å². The lowest BCUT2D eigenvalue weighted by Gasteiger charge is -2.47. The summed E-state index contributed by atoms with van der Waals surface area (Å²) in [5.74, 6) is -8.85. The number of nitrogens with zero attached hydrogens (tertiary/aromatic N) is 1. The topological polar surface area (TPSA) is 201 Å². The van der Waals surface area contributed by atoms with Crippen LogP contribution in [0.15, 0.2) is 54.9 Å². The Hall–Kier alpha value is -4.48. The summed E-state index contributed by atoms with van der Waals surface area (Å²) in [7, 11) is 21.0. The van der Waals surface area contributed by atoms with Gasteiger partial charge in [0.2, 0.25) is 11.6 Å². The van der Waals surface area contributed by atoms with Crippen molar-refractivity contribution in [3.8, 4) is 34.4 Å². The summed E-state index contributed by atoms with van der Waals surface area (Å²) >= 11 is 3.03. The number of thiol groups is 1. The molecule has 0 saturated heterocycles. The third-order valence-electron chi connectivity index (χ3n) is 7.74. The van der Waals surface area contributed by atoms with Crippen LogP contribution in [0.4, 0.5) is 13.2 Å². The lowest BCUT2D eigenvalue weighted by molar-refractivity contribution is -0.311. The van der Waals surface area contributed by atoms with Gasteiger partial charge in [-0.15, -0.1) is 0 Å². The SMILES string of the molecule is O=C(O)CC(O)(O)O.[B]C.[B]C([B])(O)C1(c2cnc(-c3cc(Oc4c(F)c(F)c5[nH]ccc5c4O)ccc3F)[nH]2)CCOc2c(C)cccc21.[B]S. The van der Waals surface area contributed by atoms with Crippen LogP contribution in [0.3, 0.4) is 0 Å². The zero-order valence-electron chi connectivity index (χ0n) is 27.6. The molecule has 1 aliphatic rings. The molecule has 1 aliphatic heterocycles. The molecule has 1 atom stereocenters. The Morgan fingerprint density at radius 3 is 2.35 bits per heavy atom. The van der Waals surface area contributed by atoms with Gasteiger partial charge in [0.25, 0.3) is 5.97 Å². The van der Waals surface area contributed by atoms with Crippen molar-refractivity contribution < 1.29 is 58.1 Å². The maximum atomic E-state index is 15.0. The number of aromatic hydroxyl groups is 1. The Morgan fingerprint density at radius 1 is 1.08 bits per heavy atom. The van der Waals surface area contributed by atoms with E-state index in [1.165, 1.54) is 37.4 Å². The molecule has 5 aromatic rings. The van der Waals surface area contributed by atoms with E-state index < -0.39 is 58.1 Å². The Labute approximate surface area is 306 Å². The number of phenols is 1. The molecule has 0 fully saturated rings. The number of aromatic amines is 2. The molecule has 0 amide bonds. The highest BCUT2D eigenvalue weighted by Crippen LogP contribution is 2.49. The van der Waals surface area contributed by atoms with Crippen LogP contribution in [0.5, 0.6) is 23.0 Å². The van der Waals surface area contributed by atoms with Gasteiger partial charge >= 0.3 is 5.97 Å². The van der Waals surface area contributed by atoms with Gasteiger partial charge in [-0.3, -0.25) is 4.79 Å². The van der Waals surface area contributed by atoms with Gasteiger partial charge in [-0.1, -0.05) is 25.0 Å². The fourth-order valence-electron chi connectivity index (χ4n) is 5.55. The van der Waals surface area contributed by atoms with E-state index in [4.69, 9.17) is 45.6 Å². The van der Waals surface area contributed by atoms with Gasteiger partial charge < -0.3 is 50.1 Å². The number of hydrogen-bond acceptors (Lipinski definition) is 10. The van der Waals surface area contributed by atoms with E-state index in [-0.39, 0.29) is 41.1 Å². The van der Waals surface area contributed by atoms with Crippen LogP contribution in [-0.4, -0.2) is 100 Å². The summed E-state index contributed by atoms with van der Waals surface area (Å²) < 4.78 is 55.6. The summed E-state index contributed by atoms with van der Waals surface area (Å²) in [6.07, 6.45) is 1.83. The number of aryl methyl sites for hydroxylation is 1. The van der Waals surface area contributed by atoms with Crippen molar-refractivity contribution >= 4 is 60.0 Å². The fourth-order valence-corrected chi connectivity index (χ4v) is 5.55. The number of benzene rings is 3. The number of rotatable bonds is 7. The normalized spacial score (nSPS) is 15.0. The van der Waals surface area contributed by atoms with Crippen molar-refractivity contribution in [2.24, 2.45) is 0 Å². The number of imidazole rings is 1. The summed E-state index contributed by atoms with van der Waals surface area (Å²) in [6, 6.07) is 10.2. The van der Waals surface area contributed by atoms with Crippen molar-refractivity contribution in [3.05, 3.63) is 89.1 Å². The van der Waals surface area contributed by atoms with E-state index in [1.54, 1.807) is 12.1 Å². The lowest BCUT2D eigenvalue weighted by Crippen LogP contribution is -2.56. The number of fused-ring (bicyclic) bond motifs is 2. The van der Waals surface area contributed by atoms with E-state index in [0.29, 0.717) is 17.0 Å². The molecule has 12 nitrogen and oxygen atoms in total. The van der Waals surface area contributed by atoms with Gasteiger partial charge in [-0.2, -0.15) is 4.39 Å². The van der Waals surface area contributed by atoms with Crippen molar-refractivity contribution in [1.82, 2.24) is 15.0 Å². The number of aliphatic carboxylic acids is 1. The number of H-pyrrole nitrogens is 2. The second-order valence-corrected chi connectivity index (χ2v) is 11.1. The number of nitrogens with one attached hydrogen (secondary N) is 2. The number of ether oxygens (including phenoxy) is 2. The van der Waals surface area contributed by atoms with Gasteiger partial charge in [-0.25, -0.2) is 26.2 Å². The molecule has 52 heavy (non-hydrogen) atoms. The van der Waals surface area contributed by atoms with Crippen LogP contribution < -0.4 is 9.47 Å². The van der Waals surface area contributed by atoms with E-state index in [9.17, 15) is 23.8 Å². The third kappa shape index (κ3) is 8.58. The second kappa shape index (κ2) is 16.9. The highest BCUT2D eigenvalue weighted by molar-refractivity contribution is 8.03. The summed E-state index contributed by atoms with van der Waals surface area (Å²) in [5, 5.41) is 50.8. The number of halogens is 3. The quantitative estimate of drug-likeness (QED) is 0.0680. The van der Waals surface area contributed by atoms with Crippen molar-refractivity contribution in [2.75, 3.05) is 6.61 Å². The number of carboxylic acids is 1. The summed E-state index contributed by atoms with van der Waals surface area (Å²) in [5.41, 5.74) is -0.0428. The molecule has 0 bridgehead atoms. The molecule has 3 heterocycles. The number of carbonyl (C=O) groups is 1. The van der Waals surface area contributed by atoms with Crippen LogP contribution in [0.1, 0.15) is 29.7 Å². The zero-order chi connectivity index (χ0) is 39.2. The number of aliphatic hydroxyl groups is 4. The molecule has 1 unspecified atom stereocenters. The number of phenolic OH excluding ortho intramolecular Hbond substituents is 1. The molecule has 8 N–H and O–H groups in total. The smallest absolute Gasteiger partial charge is 0.311 e. The molecule has 3 aromatic carbocycles. The minimum absolute atomic E-state index is 0.0141. The molecule has 20 heteroatoms. The first-order chi connectivity index (χ1) is 24.4. The van der Waals surface area contributed by atoms with E-state index >= 15 is 4.39 Å². The molecule has 8 radical (unpaired) electrons. The largest absolute Gasteiger partial charge is 0.504 e. The summed E-state index contributed by atoms with van der Waals surface area (Å²) in [6.45, 7) is 3.54. The number of aromatic nitrogens is 3. The first-order valence-corrected chi connectivity index (χ1v) is 15.4. The Bertz CT molecular complexity index is 2020. The predicted octanol–water partition coefficient (Wildman–Crippen LogP) is 3.13. The van der Waals surface area contributed by atoms with E-state index in [1.807, 2.05) is 13.0 Å². The Kier molecular flexibility index (Phi) is 13.6. The highest BCUT2D eigenvalue weighted by atomic mass is 32.1. The minimum Gasteiger partial charge on any atom is -0.504 e. The second-order valence-electron chi connectivity index (χ2n) is 11.1. The van der Waals surface area contributed by atoms with Crippen molar-refractivity contribution in [3.63, 3.8) is 0 Å². The summed E-state index contributed by atoms with van der Waals surface area (Å²) in [4.78, 5) is 19.4. The monoisotopic (exact) mass is 733 g/mol. The molecule has 0 aliphatic carbocycles. The van der Waals surface area contributed by atoms with Gasteiger partial charge in [0.15, 0.2) is 18.7 Å². The fraction of sp³-hybridized carbons (Fsp3) is 0.250. The predicted molar refractivity (Wildman–Crippen MR) is 190 cm³/mol. The van der Waals surface area contributed by atoms with E-state index in [0.717, 1.165) is 11.6 Å². The third-order valence-corrected chi connectivity index (χ3v) is 7.74. The van der Waals surface area contributed by atoms with Crippen LogP contribution >= 0.6 is 12.5 Å². The molecule has 6 rings (SSSR count). The molecule has 0 saturated carbocycles. The van der Waals surface area contributed by atoms with Gasteiger partial charge in [-0.05, 0) is 43.2 Å². The first-order valence-electron chi connectivity index (χ1n) is 14.9. The average molecular weight is 733 g/mol. The minimum atomic E-state index is -3.08. The molecule has 0 spiro atoms. The van der Waals surface area contributed by atoms with Gasteiger partial charge in [0.05, 0.1) is 30.9 Å². The number of carboxylic acid groups (broad SMARTS) is 1. The standard InChI is InChI=1S/C28H20B2F3N3O4.C3H6O5.CH3B.BHS/c1-13-3-2-4-17-24(13)39-10-8-27(17,28(29,30)38)19-12-35-26(36-19)16-11-14(5-6-18(16)31)40-25-21(33)20(32)22-15(23(25)37)7-9-34-22;4-2(5)1-3(6,7)8;2*1-2/h2-7,9,11-12,34,37-38H,8,10H2,1H3,(H,35,36);6-8H,1H2,(H,4,5);1H3;2H. The Balaban J connectivity index is 0.000000533. The van der Waals surface area contributed by atoms with Crippen LogP contribution in [-0.2, 0) is 10.2 Å². The molecular formula is C32H30B4F3N3O9S. The molecule has 2 aromatic heterocycles. The lowest BCUT2D eigenvalue weighted by atomic mass is 9.46. The van der Waals surface area contributed by atoms with Crippen LogP contribution in [0.2, 0.25) is 6.82 Å². The maximum Gasteiger partial charge on any atom is 0.311 e.